The van der Waals surface area contributed by atoms with Crippen molar-refractivity contribution in [1.82, 2.24) is 19.6 Å². The molecular formula is C16H20N6. The van der Waals surface area contributed by atoms with Crippen LogP contribution < -0.4 is 10.2 Å². The Hall–Kier alpha value is -2.63. The maximum atomic E-state index is 4.33. The van der Waals surface area contributed by atoms with Crippen molar-refractivity contribution in [1.29, 1.82) is 0 Å². The van der Waals surface area contributed by atoms with Crippen LogP contribution >= 0.6 is 0 Å². The topological polar surface area (TPSA) is 58.4 Å². The van der Waals surface area contributed by atoms with Crippen molar-refractivity contribution in [3.05, 3.63) is 48.4 Å². The van der Waals surface area contributed by atoms with E-state index in [-0.39, 0.29) is 0 Å². The molecule has 0 spiro atoms. The minimum Gasteiger partial charge on any atom is -0.375 e. The molecule has 0 aliphatic heterocycles. The summed E-state index contributed by atoms with van der Waals surface area (Å²) in [6.45, 7) is 3.82. The lowest BCUT2D eigenvalue weighted by molar-refractivity contribution is 0.806. The number of fused-ring (bicyclic) bond motifs is 1. The highest BCUT2D eigenvalue weighted by atomic mass is 15.3. The van der Waals surface area contributed by atoms with Gasteiger partial charge in [0.05, 0.1) is 0 Å². The van der Waals surface area contributed by atoms with Crippen LogP contribution in [0.1, 0.15) is 12.1 Å². The molecule has 0 aliphatic rings. The van der Waals surface area contributed by atoms with Crippen molar-refractivity contribution in [3.8, 4) is 0 Å². The normalized spacial score (nSPS) is 10.8. The zero-order valence-electron chi connectivity index (χ0n) is 12.9. The van der Waals surface area contributed by atoms with E-state index in [2.05, 4.69) is 56.6 Å². The van der Waals surface area contributed by atoms with Gasteiger partial charge in [0, 0.05) is 37.6 Å². The van der Waals surface area contributed by atoms with E-state index in [1.165, 1.54) is 12.0 Å². The summed E-state index contributed by atoms with van der Waals surface area (Å²) in [5.41, 5.74) is 2.17. The van der Waals surface area contributed by atoms with Gasteiger partial charge in [-0.05, 0) is 25.5 Å². The molecular weight excluding hydrogens is 276 g/mol. The van der Waals surface area contributed by atoms with Crippen molar-refractivity contribution in [2.75, 3.05) is 30.4 Å². The molecule has 2 aromatic heterocycles. The van der Waals surface area contributed by atoms with E-state index in [4.69, 9.17) is 0 Å². The van der Waals surface area contributed by atoms with E-state index in [1.807, 2.05) is 19.1 Å². The summed E-state index contributed by atoms with van der Waals surface area (Å²) in [5, 5.41) is 7.61. The maximum absolute atomic E-state index is 4.33. The Morgan fingerprint density at radius 3 is 2.86 bits per heavy atom. The van der Waals surface area contributed by atoms with Crippen LogP contribution in [0.2, 0.25) is 0 Å². The van der Waals surface area contributed by atoms with Gasteiger partial charge in [-0.3, -0.25) is 0 Å². The molecule has 1 N–H and O–H groups in total. The number of rotatable bonds is 6. The van der Waals surface area contributed by atoms with Crippen molar-refractivity contribution in [3.63, 3.8) is 0 Å². The van der Waals surface area contributed by atoms with E-state index < -0.39 is 0 Å². The molecule has 0 bridgehead atoms. The summed E-state index contributed by atoms with van der Waals surface area (Å²) in [4.78, 5) is 10.7. The Balaban J connectivity index is 1.55. The highest BCUT2D eigenvalue weighted by Crippen LogP contribution is 2.12. The monoisotopic (exact) mass is 296 g/mol. The number of anilines is 2. The summed E-state index contributed by atoms with van der Waals surface area (Å²) in [6, 6.07) is 12.4. The first-order valence-electron chi connectivity index (χ1n) is 7.41. The molecule has 6 heteroatoms. The molecule has 0 fully saturated rings. The van der Waals surface area contributed by atoms with Gasteiger partial charge in [0.25, 0.3) is 5.78 Å². The van der Waals surface area contributed by atoms with E-state index in [1.54, 1.807) is 4.52 Å². The second kappa shape index (κ2) is 6.43. The van der Waals surface area contributed by atoms with Gasteiger partial charge in [-0.25, -0.2) is 4.98 Å². The fourth-order valence-electron chi connectivity index (χ4n) is 2.40. The lowest BCUT2D eigenvalue weighted by atomic mass is 10.3. The molecule has 0 radical (unpaired) electrons. The fraction of sp³-hybridized carbons (Fsp3) is 0.312. The number of benzene rings is 1. The number of hydrogen-bond donors (Lipinski definition) is 1. The van der Waals surface area contributed by atoms with Gasteiger partial charge in [-0.1, -0.05) is 18.2 Å². The summed E-state index contributed by atoms with van der Waals surface area (Å²) in [6.07, 6.45) is 2.55. The molecule has 6 nitrogen and oxygen atoms in total. The average Bonchev–Trinajstić information content (AvgIpc) is 3.00. The third-order valence-corrected chi connectivity index (χ3v) is 3.55. The minimum atomic E-state index is 0.629. The number of aryl methyl sites for hydroxylation is 1. The van der Waals surface area contributed by atoms with Gasteiger partial charge in [0.15, 0.2) is 0 Å². The highest BCUT2D eigenvalue weighted by Gasteiger charge is 2.05. The number of nitrogens with one attached hydrogen (secondary N) is 1. The Morgan fingerprint density at radius 2 is 2.05 bits per heavy atom. The Labute approximate surface area is 129 Å². The van der Waals surface area contributed by atoms with Crippen LogP contribution in [0.3, 0.4) is 0 Å². The van der Waals surface area contributed by atoms with Gasteiger partial charge in [-0.15, -0.1) is 0 Å². The van der Waals surface area contributed by atoms with Gasteiger partial charge in [0.1, 0.15) is 12.1 Å². The molecule has 1 aromatic carbocycles. The molecule has 0 unspecified atom stereocenters. The van der Waals surface area contributed by atoms with Gasteiger partial charge < -0.3 is 10.2 Å². The standard InChI is InChI=1S/C16H20N6/c1-13-11-15(22-16(20-13)18-12-19-22)17-9-6-10-21(2)14-7-4-3-5-8-14/h3-5,7-8,11-12,17H,6,9-10H2,1-2H3. The largest absolute Gasteiger partial charge is 0.375 e. The van der Waals surface area contributed by atoms with E-state index in [0.717, 1.165) is 31.0 Å². The molecule has 0 saturated heterocycles. The molecule has 3 rings (SSSR count). The van der Waals surface area contributed by atoms with Crippen LogP contribution in [0.15, 0.2) is 42.7 Å². The summed E-state index contributed by atoms with van der Waals surface area (Å²) in [5.74, 6) is 1.56. The smallest absolute Gasteiger partial charge is 0.254 e. The minimum absolute atomic E-state index is 0.629. The number of aromatic nitrogens is 4. The molecule has 0 saturated carbocycles. The van der Waals surface area contributed by atoms with Crippen molar-refractivity contribution >= 4 is 17.3 Å². The predicted molar refractivity (Wildman–Crippen MR) is 88.3 cm³/mol. The summed E-state index contributed by atoms with van der Waals surface area (Å²) in [7, 11) is 2.11. The second-order valence-electron chi connectivity index (χ2n) is 5.29. The fourth-order valence-corrected chi connectivity index (χ4v) is 2.40. The van der Waals surface area contributed by atoms with Crippen molar-refractivity contribution in [2.24, 2.45) is 0 Å². The first-order valence-corrected chi connectivity index (χ1v) is 7.41. The number of nitrogens with zero attached hydrogens (tertiary/aromatic N) is 5. The lowest BCUT2D eigenvalue weighted by Crippen LogP contribution is -2.21. The third kappa shape index (κ3) is 3.16. The SMILES string of the molecule is Cc1cc(NCCCN(C)c2ccccc2)n2ncnc2n1. The molecule has 0 aliphatic carbocycles. The molecule has 0 atom stereocenters. The van der Waals surface area contributed by atoms with Gasteiger partial charge in [-0.2, -0.15) is 14.6 Å². The van der Waals surface area contributed by atoms with Crippen LogP contribution in [-0.2, 0) is 0 Å². The third-order valence-electron chi connectivity index (χ3n) is 3.55. The molecule has 22 heavy (non-hydrogen) atoms. The predicted octanol–water partition coefficient (Wildman–Crippen LogP) is 2.37. The van der Waals surface area contributed by atoms with E-state index in [9.17, 15) is 0 Å². The summed E-state index contributed by atoms with van der Waals surface area (Å²) >= 11 is 0. The zero-order chi connectivity index (χ0) is 15.4. The molecule has 114 valence electrons. The average molecular weight is 296 g/mol. The van der Waals surface area contributed by atoms with Crippen LogP contribution in [0.25, 0.3) is 5.78 Å². The zero-order valence-corrected chi connectivity index (χ0v) is 12.9. The van der Waals surface area contributed by atoms with Crippen LogP contribution in [0.4, 0.5) is 11.5 Å². The highest BCUT2D eigenvalue weighted by molar-refractivity contribution is 5.46. The second-order valence-corrected chi connectivity index (χ2v) is 5.29. The van der Waals surface area contributed by atoms with Crippen LogP contribution in [-0.4, -0.2) is 39.7 Å². The summed E-state index contributed by atoms with van der Waals surface area (Å²) < 4.78 is 1.73. The lowest BCUT2D eigenvalue weighted by Gasteiger charge is -2.19. The Bertz CT molecular complexity index is 737. The Morgan fingerprint density at radius 1 is 1.23 bits per heavy atom. The number of para-hydroxylation sites is 1. The maximum Gasteiger partial charge on any atom is 0.254 e. The molecule has 3 aromatic rings. The van der Waals surface area contributed by atoms with Crippen molar-refractivity contribution in [2.45, 2.75) is 13.3 Å². The first kappa shape index (κ1) is 14.3. The quantitative estimate of drug-likeness (QED) is 0.708. The van der Waals surface area contributed by atoms with Crippen LogP contribution in [0, 0.1) is 6.92 Å². The number of hydrogen-bond acceptors (Lipinski definition) is 5. The first-order chi connectivity index (χ1) is 10.7. The van der Waals surface area contributed by atoms with Crippen LogP contribution in [0.5, 0.6) is 0 Å². The molecule has 2 heterocycles. The van der Waals surface area contributed by atoms with Crippen molar-refractivity contribution < 1.29 is 0 Å². The van der Waals surface area contributed by atoms with Gasteiger partial charge >= 0.3 is 0 Å². The Kier molecular flexibility index (Phi) is 4.18. The van der Waals surface area contributed by atoms with Gasteiger partial charge in [0.2, 0.25) is 0 Å². The van der Waals surface area contributed by atoms with E-state index >= 15 is 0 Å². The van der Waals surface area contributed by atoms with E-state index in [0.29, 0.717) is 5.78 Å². The molecule has 0 amide bonds.